The lowest BCUT2D eigenvalue weighted by Gasteiger charge is -2.06. The van der Waals surface area contributed by atoms with Crippen LogP contribution in [0.4, 0.5) is 0 Å². The number of aromatic nitrogens is 3. The monoisotopic (exact) mass is 266 g/mol. The van der Waals surface area contributed by atoms with Crippen LogP contribution in [0.1, 0.15) is 6.42 Å². The van der Waals surface area contributed by atoms with E-state index in [0.29, 0.717) is 19.5 Å². The van der Waals surface area contributed by atoms with Crippen molar-refractivity contribution in [3.63, 3.8) is 0 Å². The average molecular weight is 266 g/mol. The van der Waals surface area contributed by atoms with E-state index in [0.717, 1.165) is 0 Å². The first-order chi connectivity index (χ1) is 8.68. The lowest BCUT2D eigenvalue weighted by molar-refractivity contribution is 0.542. The number of hydrogen-bond donors (Lipinski definition) is 1. The Kier molecular flexibility index (Phi) is 4.06. The number of benzene rings is 1. The molecule has 6 nitrogen and oxygen atoms in total. The molecule has 96 valence electrons. The number of hydrogen-bond acceptors (Lipinski definition) is 4. The fourth-order valence-corrected chi connectivity index (χ4v) is 2.58. The fourth-order valence-electron chi connectivity index (χ4n) is 1.48. The molecule has 0 aliphatic carbocycles. The molecule has 18 heavy (non-hydrogen) atoms. The van der Waals surface area contributed by atoms with Gasteiger partial charge >= 0.3 is 0 Å². The summed E-state index contributed by atoms with van der Waals surface area (Å²) in [5.74, 6) is 0. The van der Waals surface area contributed by atoms with E-state index in [1.807, 2.05) is 0 Å². The molecule has 0 atom stereocenters. The maximum absolute atomic E-state index is 11.8. The average Bonchev–Trinajstić information content (AvgIpc) is 2.89. The Morgan fingerprint density at radius 2 is 2.00 bits per heavy atom. The highest BCUT2D eigenvalue weighted by Gasteiger charge is 2.11. The van der Waals surface area contributed by atoms with Crippen LogP contribution < -0.4 is 4.72 Å². The van der Waals surface area contributed by atoms with Gasteiger partial charge < -0.3 is 0 Å². The van der Waals surface area contributed by atoms with Crippen LogP contribution in [-0.4, -0.2) is 30.0 Å². The van der Waals surface area contributed by atoms with Gasteiger partial charge in [-0.15, -0.1) is 5.10 Å². The van der Waals surface area contributed by atoms with Gasteiger partial charge in [-0.25, -0.2) is 13.1 Å². The van der Waals surface area contributed by atoms with Crippen molar-refractivity contribution < 1.29 is 8.42 Å². The minimum Gasteiger partial charge on any atom is -0.253 e. The third kappa shape index (κ3) is 3.38. The second-order valence-corrected chi connectivity index (χ2v) is 5.50. The van der Waals surface area contributed by atoms with Gasteiger partial charge in [0.2, 0.25) is 10.0 Å². The standard InChI is InChI=1S/C11H14N4O2S/c16-18(17,11-5-2-1-3-6-11)13-7-4-9-15-10-8-12-14-15/h1-3,5-6,8,10,13H,4,7,9H2. The van der Waals surface area contributed by atoms with Gasteiger partial charge in [-0.3, -0.25) is 4.68 Å². The molecule has 1 aromatic carbocycles. The first-order valence-corrected chi connectivity index (χ1v) is 7.05. The Hall–Kier alpha value is -1.73. The van der Waals surface area contributed by atoms with Crippen LogP contribution in [0.25, 0.3) is 0 Å². The van der Waals surface area contributed by atoms with Crippen LogP contribution in [0.15, 0.2) is 47.6 Å². The van der Waals surface area contributed by atoms with Gasteiger partial charge in [0, 0.05) is 19.3 Å². The highest BCUT2D eigenvalue weighted by atomic mass is 32.2. The smallest absolute Gasteiger partial charge is 0.240 e. The lowest BCUT2D eigenvalue weighted by Crippen LogP contribution is -2.25. The van der Waals surface area contributed by atoms with Crippen LogP contribution in [-0.2, 0) is 16.6 Å². The fraction of sp³-hybridized carbons (Fsp3) is 0.273. The SMILES string of the molecule is O=S(=O)(NCCCn1ccnn1)c1ccccc1. The number of nitrogens with zero attached hydrogens (tertiary/aromatic N) is 3. The molecule has 1 heterocycles. The number of sulfonamides is 1. The lowest BCUT2D eigenvalue weighted by atomic mass is 10.4. The van der Waals surface area contributed by atoms with Crippen molar-refractivity contribution in [1.82, 2.24) is 19.7 Å². The van der Waals surface area contributed by atoms with Crippen molar-refractivity contribution in [2.75, 3.05) is 6.54 Å². The third-order valence-electron chi connectivity index (χ3n) is 2.38. The van der Waals surface area contributed by atoms with E-state index >= 15 is 0 Å². The zero-order valence-electron chi connectivity index (χ0n) is 9.73. The second kappa shape index (κ2) is 5.74. The summed E-state index contributed by atoms with van der Waals surface area (Å²) in [6.45, 7) is 1.01. The third-order valence-corrected chi connectivity index (χ3v) is 3.86. The normalized spacial score (nSPS) is 11.6. The number of rotatable bonds is 6. The molecule has 0 bridgehead atoms. The highest BCUT2D eigenvalue weighted by molar-refractivity contribution is 7.89. The highest BCUT2D eigenvalue weighted by Crippen LogP contribution is 2.06. The second-order valence-electron chi connectivity index (χ2n) is 3.73. The van der Waals surface area contributed by atoms with Crippen molar-refractivity contribution in [3.8, 4) is 0 Å². The minimum absolute atomic E-state index is 0.283. The molecule has 2 aromatic rings. The molecule has 2 rings (SSSR count). The van der Waals surface area contributed by atoms with Gasteiger partial charge in [-0.05, 0) is 18.6 Å². The van der Waals surface area contributed by atoms with Gasteiger partial charge in [0.1, 0.15) is 0 Å². The Morgan fingerprint density at radius 3 is 2.67 bits per heavy atom. The molecule has 0 amide bonds. The van der Waals surface area contributed by atoms with E-state index in [9.17, 15) is 8.42 Å². The van der Waals surface area contributed by atoms with Crippen LogP contribution in [0, 0.1) is 0 Å². The van der Waals surface area contributed by atoms with Crippen LogP contribution in [0.2, 0.25) is 0 Å². The maximum Gasteiger partial charge on any atom is 0.240 e. The first kappa shape index (κ1) is 12.7. The Labute approximate surface area is 106 Å². The van der Waals surface area contributed by atoms with E-state index in [2.05, 4.69) is 15.0 Å². The van der Waals surface area contributed by atoms with Crippen LogP contribution in [0.3, 0.4) is 0 Å². The summed E-state index contributed by atoms with van der Waals surface area (Å²) in [5, 5.41) is 7.47. The summed E-state index contributed by atoms with van der Waals surface area (Å²) >= 11 is 0. The summed E-state index contributed by atoms with van der Waals surface area (Å²) in [5.41, 5.74) is 0. The molecule has 0 saturated carbocycles. The molecule has 7 heteroatoms. The van der Waals surface area contributed by atoms with E-state index in [4.69, 9.17) is 0 Å². The predicted octanol–water partition coefficient (Wildman–Crippen LogP) is 0.647. The summed E-state index contributed by atoms with van der Waals surface area (Å²) in [4.78, 5) is 0.283. The van der Waals surface area contributed by atoms with E-state index < -0.39 is 10.0 Å². The summed E-state index contributed by atoms with van der Waals surface area (Å²) < 4.78 is 27.9. The Bertz CT molecular complexity index is 566. The Morgan fingerprint density at radius 1 is 1.22 bits per heavy atom. The van der Waals surface area contributed by atoms with E-state index in [-0.39, 0.29) is 4.90 Å². The number of nitrogens with one attached hydrogen (secondary N) is 1. The molecule has 0 aliphatic rings. The zero-order valence-corrected chi connectivity index (χ0v) is 10.5. The van der Waals surface area contributed by atoms with Gasteiger partial charge in [0.05, 0.1) is 11.1 Å². The molecule has 0 radical (unpaired) electrons. The topological polar surface area (TPSA) is 76.9 Å². The quantitative estimate of drug-likeness (QED) is 0.779. The summed E-state index contributed by atoms with van der Waals surface area (Å²) in [7, 11) is -3.40. The molecule has 0 unspecified atom stereocenters. The Balaban J connectivity index is 1.83. The molecular weight excluding hydrogens is 252 g/mol. The minimum atomic E-state index is -3.40. The summed E-state index contributed by atoms with van der Waals surface area (Å²) in [6, 6.07) is 8.32. The van der Waals surface area contributed by atoms with Crippen molar-refractivity contribution in [2.24, 2.45) is 0 Å². The van der Waals surface area contributed by atoms with Crippen LogP contribution >= 0.6 is 0 Å². The van der Waals surface area contributed by atoms with Gasteiger partial charge in [-0.1, -0.05) is 23.4 Å². The van der Waals surface area contributed by atoms with Crippen LogP contribution in [0.5, 0.6) is 0 Å². The number of aryl methyl sites for hydroxylation is 1. The molecule has 1 N–H and O–H groups in total. The predicted molar refractivity (Wildman–Crippen MR) is 66.3 cm³/mol. The molecule has 0 spiro atoms. The van der Waals surface area contributed by atoms with E-state index in [1.54, 1.807) is 47.4 Å². The van der Waals surface area contributed by atoms with Crippen molar-refractivity contribution in [1.29, 1.82) is 0 Å². The zero-order chi connectivity index (χ0) is 12.8. The van der Waals surface area contributed by atoms with Crippen molar-refractivity contribution in [2.45, 2.75) is 17.9 Å². The molecule has 0 saturated heterocycles. The van der Waals surface area contributed by atoms with Gasteiger partial charge in [0.15, 0.2) is 0 Å². The van der Waals surface area contributed by atoms with Gasteiger partial charge in [0.25, 0.3) is 0 Å². The molecule has 0 fully saturated rings. The van der Waals surface area contributed by atoms with Crippen molar-refractivity contribution in [3.05, 3.63) is 42.7 Å². The van der Waals surface area contributed by atoms with E-state index in [1.165, 1.54) is 0 Å². The first-order valence-electron chi connectivity index (χ1n) is 5.57. The maximum atomic E-state index is 11.8. The molecular formula is C11H14N4O2S. The van der Waals surface area contributed by atoms with Crippen molar-refractivity contribution >= 4 is 10.0 Å². The largest absolute Gasteiger partial charge is 0.253 e. The molecule has 0 aliphatic heterocycles. The van der Waals surface area contributed by atoms with Gasteiger partial charge in [-0.2, -0.15) is 0 Å². The molecule has 1 aromatic heterocycles. The summed E-state index contributed by atoms with van der Waals surface area (Å²) in [6.07, 6.45) is 4.00.